The molecular formula is C8H10N2O2. The van der Waals surface area contributed by atoms with Crippen LogP contribution in [-0.2, 0) is 0 Å². The zero-order valence-corrected chi connectivity index (χ0v) is 6.73. The summed E-state index contributed by atoms with van der Waals surface area (Å²) in [7, 11) is 0. The van der Waals surface area contributed by atoms with E-state index >= 15 is 0 Å². The SMILES string of the molecule is CC1C=C(N)C=CC([N+](=O)[O-])=C1. The van der Waals surface area contributed by atoms with Gasteiger partial charge in [-0.1, -0.05) is 13.0 Å². The molecule has 0 spiro atoms. The second-order valence-electron chi connectivity index (χ2n) is 2.71. The first-order valence-electron chi connectivity index (χ1n) is 3.61. The summed E-state index contributed by atoms with van der Waals surface area (Å²) < 4.78 is 0. The van der Waals surface area contributed by atoms with Crippen LogP contribution in [0.5, 0.6) is 0 Å². The quantitative estimate of drug-likeness (QED) is 0.470. The first kappa shape index (κ1) is 8.52. The van der Waals surface area contributed by atoms with Crippen molar-refractivity contribution in [2.24, 2.45) is 11.7 Å². The van der Waals surface area contributed by atoms with Gasteiger partial charge in [0.25, 0.3) is 5.70 Å². The van der Waals surface area contributed by atoms with Crippen LogP contribution in [0.1, 0.15) is 6.92 Å². The van der Waals surface area contributed by atoms with Gasteiger partial charge in [0, 0.05) is 23.8 Å². The molecule has 12 heavy (non-hydrogen) atoms. The molecule has 0 bridgehead atoms. The second kappa shape index (κ2) is 3.21. The summed E-state index contributed by atoms with van der Waals surface area (Å²) in [5.41, 5.74) is 6.17. The molecule has 0 saturated heterocycles. The Hall–Kier alpha value is -1.58. The lowest BCUT2D eigenvalue weighted by molar-refractivity contribution is -0.419. The Morgan fingerprint density at radius 3 is 2.75 bits per heavy atom. The third-order valence-corrected chi connectivity index (χ3v) is 1.55. The molecule has 1 aliphatic carbocycles. The fourth-order valence-corrected chi connectivity index (χ4v) is 1.04. The number of hydrogen-bond acceptors (Lipinski definition) is 3. The largest absolute Gasteiger partial charge is 0.399 e. The van der Waals surface area contributed by atoms with Crippen LogP contribution in [-0.4, -0.2) is 4.92 Å². The van der Waals surface area contributed by atoms with Crippen LogP contribution in [0.2, 0.25) is 0 Å². The highest BCUT2D eigenvalue weighted by Gasteiger charge is 2.10. The third-order valence-electron chi connectivity index (χ3n) is 1.55. The minimum atomic E-state index is -0.417. The summed E-state index contributed by atoms with van der Waals surface area (Å²) >= 11 is 0. The normalized spacial score (nSPS) is 22.6. The Morgan fingerprint density at radius 2 is 2.17 bits per heavy atom. The molecule has 0 amide bonds. The molecule has 1 aliphatic rings. The smallest absolute Gasteiger partial charge is 0.266 e. The van der Waals surface area contributed by atoms with Crippen molar-refractivity contribution in [1.82, 2.24) is 0 Å². The van der Waals surface area contributed by atoms with E-state index in [1.54, 1.807) is 12.2 Å². The van der Waals surface area contributed by atoms with Crippen molar-refractivity contribution in [3.8, 4) is 0 Å². The minimum Gasteiger partial charge on any atom is -0.399 e. The average Bonchev–Trinajstić information content (AvgIpc) is 2.11. The molecule has 0 aromatic rings. The third kappa shape index (κ3) is 1.95. The molecule has 0 aromatic carbocycles. The van der Waals surface area contributed by atoms with Crippen molar-refractivity contribution in [1.29, 1.82) is 0 Å². The van der Waals surface area contributed by atoms with Crippen molar-refractivity contribution < 1.29 is 4.92 Å². The summed E-state index contributed by atoms with van der Waals surface area (Å²) in [6.07, 6.45) is 6.29. The van der Waals surface area contributed by atoms with E-state index in [0.29, 0.717) is 5.70 Å². The summed E-state index contributed by atoms with van der Waals surface area (Å²) in [6, 6.07) is 0. The van der Waals surface area contributed by atoms with Crippen molar-refractivity contribution in [3.05, 3.63) is 45.8 Å². The van der Waals surface area contributed by atoms with Gasteiger partial charge in [-0.3, -0.25) is 10.1 Å². The van der Waals surface area contributed by atoms with E-state index in [9.17, 15) is 10.1 Å². The predicted octanol–water partition coefficient (Wildman–Crippen LogP) is 1.20. The van der Waals surface area contributed by atoms with E-state index in [-0.39, 0.29) is 11.6 Å². The lowest BCUT2D eigenvalue weighted by Crippen LogP contribution is -1.96. The molecular weight excluding hydrogens is 156 g/mol. The van der Waals surface area contributed by atoms with Gasteiger partial charge in [0.1, 0.15) is 0 Å². The highest BCUT2D eigenvalue weighted by atomic mass is 16.6. The van der Waals surface area contributed by atoms with Gasteiger partial charge in [-0.05, 0) is 6.08 Å². The zero-order chi connectivity index (χ0) is 9.14. The number of nitro groups is 1. The van der Waals surface area contributed by atoms with Crippen LogP contribution in [0, 0.1) is 16.0 Å². The van der Waals surface area contributed by atoms with E-state index in [1.807, 2.05) is 6.92 Å². The van der Waals surface area contributed by atoms with E-state index in [1.165, 1.54) is 12.2 Å². The van der Waals surface area contributed by atoms with Crippen molar-refractivity contribution >= 4 is 0 Å². The van der Waals surface area contributed by atoms with E-state index in [0.717, 1.165) is 0 Å². The first-order valence-corrected chi connectivity index (χ1v) is 3.61. The molecule has 0 heterocycles. The lowest BCUT2D eigenvalue weighted by Gasteiger charge is -1.95. The number of hydrogen-bond donors (Lipinski definition) is 1. The van der Waals surface area contributed by atoms with Crippen molar-refractivity contribution in [2.45, 2.75) is 6.92 Å². The van der Waals surface area contributed by atoms with Crippen LogP contribution in [0.4, 0.5) is 0 Å². The topological polar surface area (TPSA) is 69.2 Å². The van der Waals surface area contributed by atoms with Gasteiger partial charge in [0.05, 0.1) is 4.92 Å². The van der Waals surface area contributed by atoms with Gasteiger partial charge in [-0.15, -0.1) is 0 Å². The van der Waals surface area contributed by atoms with Gasteiger partial charge < -0.3 is 5.73 Å². The fourth-order valence-electron chi connectivity index (χ4n) is 1.04. The van der Waals surface area contributed by atoms with Crippen LogP contribution in [0.3, 0.4) is 0 Å². The maximum Gasteiger partial charge on any atom is 0.266 e. The summed E-state index contributed by atoms with van der Waals surface area (Å²) in [6.45, 7) is 1.85. The fraction of sp³-hybridized carbons (Fsp3) is 0.250. The molecule has 1 rings (SSSR count). The Balaban J connectivity index is 2.95. The molecule has 0 radical (unpaired) electrons. The summed E-state index contributed by atoms with van der Waals surface area (Å²) in [4.78, 5) is 9.96. The minimum absolute atomic E-state index is 0.0143. The molecule has 2 N–H and O–H groups in total. The van der Waals surface area contributed by atoms with E-state index in [2.05, 4.69) is 0 Å². The standard InChI is InChI=1S/C8H10N2O2/c1-6-4-7(9)2-3-8(5-6)10(11)12/h2-6H,9H2,1H3. The number of allylic oxidation sites excluding steroid dienone is 4. The van der Waals surface area contributed by atoms with Crippen LogP contribution in [0.25, 0.3) is 0 Å². The highest BCUT2D eigenvalue weighted by molar-refractivity contribution is 5.28. The summed E-state index contributed by atoms with van der Waals surface area (Å²) in [5, 5.41) is 10.4. The molecule has 1 atom stereocenters. The van der Waals surface area contributed by atoms with Gasteiger partial charge >= 0.3 is 0 Å². The van der Waals surface area contributed by atoms with Gasteiger partial charge in [-0.2, -0.15) is 0 Å². The lowest BCUT2D eigenvalue weighted by atomic mass is 10.1. The van der Waals surface area contributed by atoms with Crippen LogP contribution < -0.4 is 5.73 Å². The Bertz CT molecular complexity index is 289. The van der Waals surface area contributed by atoms with Crippen LogP contribution in [0.15, 0.2) is 35.7 Å². The van der Waals surface area contributed by atoms with Gasteiger partial charge in [0.15, 0.2) is 0 Å². The average molecular weight is 166 g/mol. The number of nitrogens with two attached hydrogens (primary N) is 1. The van der Waals surface area contributed by atoms with Gasteiger partial charge in [0.2, 0.25) is 0 Å². The Labute approximate surface area is 70.2 Å². The molecule has 4 nitrogen and oxygen atoms in total. The molecule has 0 aliphatic heterocycles. The van der Waals surface area contributed by atoms with Gasteiger partial charge in [-0.25, -0.2) is 0 Å². The number of nitrogens with zero attached hydrogens (tertiary/aromatic N) is 1. The maximum absolute atomic E-state index is 10.4. The zero-order valence-electron chi connectivity index (χ0n) is 6.73. The molecule has 0 aromatic heterocycles. The molecule has 64 valence electrons. The first-order chi connectivity index (χ1) is 5.59. The molecule has 4 heteroatoms. The Kier molecular flexibility index (Phi) is 2.28. The van der Waals surface area contributed by atoms with Crippen molar-refractivity contribution in [2.75, 3.05) is 0 Å². The monoisotopic (exact) mass is 166 g/mol. The van der Waals surface area contributed by atoms with E-state index < -0.39 is 4.92 Å². The maximum atomic E-state index is 10.4. The summed E-state index contributed by atoms with van der Waals surface area (Å²) in [5.74, 6) is 0.0143. The highest BCUT2D eigenvalue weighted by Crippen LogP contribution is 2.12. The second-order valence-corrected chi connectivity index (χ2v) is 2.71. The molecule has 1 unspecified atom stereocenters. The Morgan fingerprint density at radius 1 is 1.50 bits per heavy atom. The molecule has 0 fully saturated rings. The molecule has 0 saturated carbocycles. The van der Waals surface area contributed by atoms with Crippen molar-refractivity contribution in [3.63, 3.8) is 0 Å². The number of rotatable bonds is 1. The predicted molar refractivity (Wildman–Crippen MR) is 45.7 cm³/mol. The van der Waals surface area contributed by atoms with Crippen LogP contribution >= 0.6 is 0 Å². The van der Waals surface area contributed by atoms with E-state index in [4.69, 9.17) is 5.73 Å².